The van der Waals surface area contributed by atoms with Crippen LogP contribution in [-0.4, -0.2) is 10.1 Å². The van der Waals surface area contributed by atoms with E-state index < -0.39 is 0 Å². The number of hydrogen-bond acceptors (Lipinski definition) is 2. The lowest BCUT2D eigenvalue weighted by Crippen LogP contribution is -3.00. The molecular weight excluding hydrogens is 375 g/mol. The number of nitrogens with zero attached hydrogens (tertiary/aromatic N) is 2. The normalized spacial score (nSPS) is 10.7. The topological polar surface area (TPSA) is 37.0 Å². The summed E-state index contributed by atoms with van der Waals surface area (Å²) in [7, 11) is 1.99. The Balaban J connectivity index is 0.00000161. The minimum Gasteiger partial charge on any atom is -1.00 e. The summed E-state index contributed by atoms with van der Waals surface area (Å²) in [4.78, 5) is 4.22. The first-order valence-corrected chi connectivity index (χ1v) is 6.44. The number of fused-ring (bicyclic) bond motifs is 1. The summed E-state index contributed by atoms with van der Waals surface area (Å²) in [6, 6.07) is 11.5. The quantitative estimate of drug-likeness (QED) is 0.492. The van der Waals surface area contributed by atoms with E-state index >= 15 is 0 Å². The maximum Gasteiger partial charge on any atom is 0.169 e. The molecule has 2 heterocycles. The first kappa shape index (κ1) is 15.4. The van der Waals surface area contributed by atoms with Gasteiger partial charge in [0.25, 0.3) is 0 Å². The molecule has 0 aliphatic heterocycles. The second-order valence-corrected chi connectivity index (χ2v) is 4.70. The van der Waals surface area contributed by atoms with Crippen LogP contribution in [0.3, 0.4) is 0 Å². The Kier molecular flexibility index (Phi) is 4.90. The number of aromatic hydroxyl groups is 1. The largest absolute Gasteiger partial charge is 1.00 e. The molecule has 1 N–H and O–H groups in total. The standard InChI is InChI=1S/C17H14N2O.HI/c1-19-11-8-13(9-12-19)4-5-14-6-7-16(20)17-15(14)3-2-10-18-17;/h2-12H,1H3;1H. The third-order valence-electron chi connectivity index (χ3n) is 3.24. The first-order chi connectivity index (χ1) is 9.74. The molecule has 0 aliphatic carbocycles. The molecule has 0 saturated heterocycles. The molecular formula is C17H15IN2O. The van der Waals surface area contributed by atoms with Crippen molar-refractivity contribution in [2.45, 2.75) is 0 Å². The van der Waals surface area contributed by atoms with Gasteiger partial charge in [-0.05, 0) is 23.3 Å². The van der Waals surface area contributed by atoms with E-state index in [1.54, 1.807) is 12.3 Å². The molecule has 3 rings (SSSR count). The van der Waals surface area contributed by atoms with Gasteiger partial charge in [-0.15, -0.1) is 0 Å². The number of pyridine rings is 2. The summed E-state index contributed by atoms with van der Waals surface area (Å²) in [5, 5.41) is 10.8. The lowest BCUT2D eigenvalue weighted by atomic mass is 10.1. The van der Waals surface area contributed by atoms with E-state index in [1.807, 2.05) is 48.3 Å². The van der Waals surface area contributed by atoms with E-state index in [9.17, 15) is 5.11 Å². The average molecular weight is 390 g/mol. The number of aromatic nitrogens is 2. The molecule has 3 nitrogen and oxygen atoms in total. The summed E-state index contributed by atoms with van der Waals surface area (Å²) in [5.74, 6) is 0.212. The van der Waals surface area contributed by atoms with Crippen molar-refractivity contribution in [3.05, 3.63) is 66.1 Å². The zero-order valence-corrected chi connectivity index (χ0v) is 13.7. The third-order valence-corrected chi connectivity index (χ3v) is 3.24. The fourth-order valence-corrected chi connectivity index (χ4v) is 2.13. The Labute approximate surface area is 140 Å². The van der Waals surface area contributed by atoms with Crippen LogP contribution in [-0.2, 0) is 7.05 Å². The molecule has 2 aromatic heterocycles. The molecule has 0 amide bonds. The number of aryl methyl sites for hydroxylation is 1. The molecule has 21 heavy (non-hydrogen) atoms. The number of rotatable bonds is 2. The predicted molar refractivity (Wildman–Crippen MR) is 80.0 cm³/mol. The van der Waals surface area contributed by atoms with Gasteiger partial charge >= 0.3 is 0 Å². The van der Waals surface area contributed by atoms with Gasteiger partial charge in [0.1, 0.15) is 18.3 Å². The highest BCUT2D eigenvalue weighted by molar-refractivity contribution is 5.93. The van der Waals surface area contributed by atoms with E-state index in [1.165, 1.54) is 0 Å². The minimum absolute atomic E-state index is 0. The Morgan fingerprint density at radius 3 is 2.57 bits per heavy atom. The van der Waals surface area contributed by atoms with Gasteiger partial charge in [-0.25, -0.2) is 4.57 Å². The highest BCUT2D eigenvalue weighted by atomic mass is 127. The number of phenols is 1. The van der Waals surface area contributed by atoms with Crippen LogP contribution in [0.5, 0.6) is 5.75 Å². The molecule has 106 valence electrons. The van der Waals surface area contributed by atoms with Crippen molar-refractivity contribution in [2.75, 3.05) is 0 Å². The van der Waals surface area contributed by atoms with Crippen LogP contribution >= 0.6 is 0 Å². The van der Waals surface area contributed by atoms with Gasteiger partial charge in [-0.2, -0.15) is 0 Å². The zero-order chi connectivity index (χ0) is 13.9. The van der Waals surface area contributed by atoms with Gasteiger partial charge < -0.3 is 29.1 Å². The SMILES string of the molecule is C[n+]1ccc(/C=C\c2ccc(O)c3ncccc23)cc1.[I-]. The molecule has 0 aliphatic rings. The summed E-state index contributed by atoms with van der Waals surface area (Å²) >= 11 is 0. The van der Waals surface area contributed by atoms with E-state index in [0.717, 1.165) is 16.5 Å². The van der Waals surface area contributed by atoms with Crippen LogP contribution in [0.2, 0.25) is 0 Å². The highest BCUT2D eigenvalue weighted by Gasteiger charge is 2.03. The van der Waals surface area contributed by atoms with Gasteiger partial charge in [-0.3, -0.25) is 4.98 Å². The monoisotopic (exact) mass is 390 g/mol. The number of hydrogen-bond donors (Lipinski definition) is 1. The fourth-order valence-electron chi connectivity index (χ4n) is 2.13. The smallest absolute Gasteiger partial charge is 0.169 e. The molecule has 0 fully saturated rings. The summed E-state index contributed by atoms with van der Waals surface area (Å²) in [5.41, 5.74) is 2.81. The van der Waals surface area contributed by atoms with Crippen molar-refractivity contribution in [1.82, 2.24) is 4.98 Å². The van der Waals surface area contributed by atoms with Crippen molar-refractivity contribution < 1.29 is 33.7 Å². The highest BCUT2D eigenvalue weighted by Crippen LogP contribution is 2.26. The second kappa shape index (κ2) is 6.67. The number of halogens is 1. The van der Waals surface area contributed by atoms with Crippen molar-refractivity contribution >= 4 is 23.1 Å². The van der Waals surface area contributed by atoms with E-state index in [-0.39, 0.29) is 29.7 Å². The Morgan fingerprint density at radius 1 is 1.05 bits per heavy atom. The maximum atomic E-state index is 9.82. The second-order valence-electron chi connectivity index (χ2n) is 4.70. The number of benzene rings is 1. The van der Waals surface area contributed by atoms with Gasteiger partial charge in [0.15, 0.2) is 12.4 Å². The average Bonchev–Trinajstić information content (AvgIpc) is 2.49. The summed E-state index contributed by atoms with van der Waals surface area (Å²) in [6.45, 7) is 0. The minimum atomic E-state index is 0. The molecule has 1 aromatic carbocycles. The van der Waals surface area contributed by atoms with Crippen LogP contribution < -0.4 is 28.5 Å². The molecule has 4 heteroatoms. The van der Waals surface area contributed by atoms with Crippen molar-refractivity contribution in [1.29, 1.82) is 0 Å². The van der Waals surface area contributed by atoms with Crippen LogP contribution in [0, 0.1) is 0 Å². The summed E-state index contributed by atoms with van der Waals surface area (Å²) in [6.07, 6.45) is 9.80. The molecule has 0 atom stereocenters. The number of phenolic OH excluding ortho intramolecular Hbond substituents is 1. The predicted octanol–water partition coefficient (Wildman–Crippen LogP) is -0.0607. The molecule has 0 unspecified atom stereocenters. The van der Waals surface area contributed by atoms with Crippen molar-refractivity contribution in [2.24, 2.45) is 7.05 Å². The Morgan fingerprint density at radius 2 is 1.81 bits per heavy atom. The molecule has 0 radical (unpaired) electrons. The lowest BCUT2D eigenvalue weighted by Gasteiger charge is -2.03. The summed E-state index contributed by atoms with van der Waals surface area (Å²) < 4.78 is 2.00. The van der Waals surface area contributed by atoms with E-state index in [4.69, 9.17) is 0 Å². The molecule has 0 saturated carbocycles. The molecule has 3 aromatic rings. The van der Waals surface area contributed by atoms with Crippen molar-refractivity contribution in [3.63, 3.8) is 0 Å². The van der Waals surface area contributed by atoms with Crippen LogP contribution in [0.4, 0.5) is 0 Å². The van der Waals surface area contributed by atoms with Gasteiger partial charge in [0, 0.05) is 23.7 Å². The lowest BCUT2D eigenvalue weighted by molar-refractivity contribution is -0.671. The van der Waals surface area contributed by atoms with Gasteiger partial charge in [-0.1, -0.05) is 24.3 Å². The Hall–Kier alpha value is -1.95. The van der Waals surface area contributed by atoms with Crippen LogP contribution in [0.1, 0.15) is 11.1 Å². The molecule has 0 bridgehead atoms. The van der Waals surface area contributed by atoms with Crippen LogP contribution in [0.15, 0.2) is 55.0 Å². The van der Waals surface area contributed by atoms with E-state index in [0.29, 0.717) is 5.52 Å². The first-order valence-electron chi connectivity index (χ1n) is 6.44. The van der Waals surface area contributed by atoms with Crippen molar-refractivity contribution in [3.8, 4) is 5.75 Å². The zero-order valence-electron chi connectivity index (χ0n) is 11.6. The Bertz CT molecular complexity index is 782. The van der Waals surface area contributed by atoms with E-state index in [2.05, 4.69) is 23.2 Å². The van der Waals surface area contributed by atoms with Gasteiger partial charge in [0.05, 0.1) is 0 Å². The maximum absolute atomic E-state index is 9.82. The molecule has 0 spiro atoms. The fraction of sp³-hybridized carbons (Fsp3) is 0.0588. The van der Waals surface area contributed by atoms with Gasteiger partial charge in [0.2, 0.25) is 0 Å². The van der Waals surface area contributed by atoms with Crippen LogP contribution in [0.25, 0.3) is 23.1 Å². The third kappa shape index (κ3) is 3.39.